The van der Waals surface area contributed by atoms with Crippen molar-refractivity contribution in [3.8, 4) is 0 Å². The third-order valence-corrected chi connectivity index (χ3v) is 3.24. The van der Waals surface area contributed by atoms with Gasteiger partial charge in [-0.3, -0.25) is 9.69 Å². The van der Waals surface area contributed by atoms with Gasteiger partial charge in [0, 0.05) is 31.1 Å². The van der Waals surface area contributed by atoms with Crippen LogP contribution in [-0.4, -0.2) is 29.1 Å². The summed E-state index contributed by atoms with van der Waals surface area (Å²) in [6.07, 6.45) is 0.970. The van der Waals surface area contributed by atoms with Crippen LogP contribution in [0.2, 0.25) is 0 Å². The van der Waals surface area contributed by atoms with Gasteiger partial charge in [-0.25, -0.2) is 8.78 Å². The van der Waals surface area contributed by atoms with Gasteiger partial charge in [-0.15, -0.1) is 0 Å². The number of carboxylic acids is 1. The predicted molar refractivity (Wildman–Crippen MR) is 62.0 cm³/mol. The van der Waals surface area contributed by atoms with E-state index in [1.807, 2.05) is 4.90 Å². The van der Waals surface area contributed by atoms with Gasteiger partial charge in [0.05, 0.1) is 0 Å². The first-order valence-electron chi connectivity index (χ1n) is 5.92. The van der Waals surface area contributed by atoms with Crippen molar-refractivity contribution in [1.82, 2.24) is 4.90 Å². The lowest BCUT2D eigenvalue weighted by Gasteiger charge is -2.16. The first-order chi connectivity index (χ1) is 8.54. The van der Waals surface area contributed by atoms with E-state index in [-0.39, 0.29) is 12.3 Å². The van der Waals surface area contributed by atoms with Gasteiger partial charge in [0.15, 0.2) is 0 Å². The number of halogens is 2. The number of nitrogens with zero attached hydrogens (tertiary/aromatic N) is 1. The zero-order chi connectivity index (χ0) is 13.1. The maximum absolute atomic E-state index is 13.5. The van der Waals surface area contributed by atoms with Crippen LogP contribution >= 0.6 is 0 Å². The highest BCUT2D eigenvalue weighted by Gasteiger charge is 2.24. The minimum atomic E-state index is -0.796. The number of aliphatic carboxylic acids is 1. The second kappa shape index (κ2) is 5.44. The second-order valence-electron chi connectivity index (χ2n) is 4.72. The van der Waals surface area contributed by atoms with Crippen LogP contribution in [0.1, 0.15) is 18.4 Å². The first kappa shape index (κ1) is 13.0. The van der Waals surface area contributed by atoms with E-state index in [2.05, 4.69) is 0 Å². The Hall–Kier alpha value is -1.49. The van der Waals surface area contributed by atoms with Crippen molar-refractivity contribution in [3.05, 3.63) is 35.4 Å². The molecule has 98 valence electrons. The van der Waals surface area contributed by atoms with Crippen LogP contribution in [0, 0.1) is 17.6 Å². The summed E-state index contributed by atoms with van der Waals surface area (Å²) >= 11 is 0. The zero-order valence-corrected chi connectivity index (χ0v) is 9.90. The van der Waals surface area contributed by atoms with Crippen LogP contribution in [-0.2, 0) is 11.3 Å². The molecule has 18 heavy (non-hydrogen) atoms. The molecule has 5 heteroatoms. The molecule has 1 aliphatic heterocycles. The number of hydrogen-bond donors (Lipinski definition) is 1. The van der Waals surface area contributed by atoms with Crippen molar-refractivity contribution in [2.24, 2.45) is 5.92 Å². The highest BCUT2D eigenvalue weighted by atomic mass is 19.1. The zero-order valence-electron chi connectivity index (χ0n) is 9.90. The third kappa shape index (κ3) is 3.26. The van der Waals surface area contributed by atoms with Crippen LogP contribution in [0.5, 0.6) is 0 Å². The Morgan fingerprint density at radius 1 is 1.44 bits per heavy atom. The minimum absolute atomic E-state index is 0.131. The van der Waals surface area contributed by atoms with E-state index in [0.717, 1.165) is 19.0 Å². The molecule has 0 saturated carbocycles. The Bertz CT molecular complexity index is 451. The van der Waals surface area contributed by atoms with Gasteiger partial charge in [-0.2, -0.15) is 0 Å². The summed E-state index contributed by atoms with van der Waals surface area (Å²) in [6.45, 7) is 1.82. The molecule has 1 aromatic rings. The molecule has 2 rings (SSSR count). The first-order valence-corrected chi connectivity index (χ1v) is 5.92. The Morgan fingerprint density at radius 2 is 2.22 bits per heavy atom. The minimum Gasteiger partial charge on any atom is -0.481 e. The molecule has 1 atom stereocenters. The molecule has 0 bridgehead atoms. The highest BCUT2D eigenvalue weighted by molar-refractivity contribution is 5.67. The molecule has 1 aromatic carbocycles. The maximum atomic E-state index is 13.5. The molecular formula is C13H15F2NO2. The molecule has 0 spiro atoms. The van der Waals surface area contributed by atoms with Gasteiger partial charge >= 0.3 is 5.97 Å². The molecule has 0 amide bonds. The normalized spacial score (nSPS) is 20.2. The van der Waals surface area contributed by atoms with Crippen LogP contribution in [0.25, 0.3) is 0 Å². The SMILES string of the molecule is O=C(O)CC1CCN(Cc2ccc(F)cc2F)C1. The van der Waals surface area contributed by atoms with Gasteiger partial charge in [-0.1, -0.05) is 6.07 Å². The molecule has 3 nitrogen and oxygen atoms in total. The summed E-state index contributed by atoms with van der Waals surface area (Å²) < 4.78 is 26.2. The van der Waals surface area contributed by atoms with E-state index in [1.54, 1.807) is 0 Å². The largest absolute Gasteiger partial charge is 0.481 e. The molecular weight excluding hydrogens is 240 g/mol. The van der Waals surface area contributed by atoms with E-state index in [0.29, 0.717) is 18.7 Å². The molecule has 0 aliphatic carbocycles. The average molecular weight is 255 g/mol. The monoisotopic (exact) mass is 255 g/mol. The number of benzene rings is 1. The summed E-state index contributed by atoms with van der Waals surface area (Å²) in [7, 11) is 0. The summed E-state index contributed by atoms with van der Waals surface area (Å²) in [5.74, 6) is -1.79. The van der Waals surface area contributed by atoms with E-state index in [1.165, 1.54) is 12.1 Å². The van der Waals surface area contributed by atoms with Crippen molar-refractivity contribution in [1.29, 1.82) is 0 Å². The molecule has 0 radical (unpaired) electrons. The Labute approximate surface area is 104 Å². The van der Waals surface area contributed by atoms with E-state index < -0.39 is 17.6 Å². The van der Waals surface area contributed by atoms with Crippen LogP contribution in [0.4, 0.5) is 8.78 Å². The van der Waals surface area contributed by atoms with Crippen LogP contribution in [0.3, 0.4) is 0 Å². The fourth-order valence-corrected chi connectivity index (χ4v) is 2.36. The molecule has 1 fully saturated rings. The molecule has 1 heterocycles. The summed E-state index contributed by atoms with van der Waals surface area (Å²) in [4.78, 5) is 12.6. The second-order valence-corrected chi connectivity index (χ2v) is 4.72. The van der Waals surface area contributed by atoms with E-state index >= 15 is 0 Å². The van der Waals surface area contributed by atoms with Gasteiger partial charge in [0.25, 0.3) is 0 Å². The highest BCUT2D eigenvalue weighted by Crippen LogP contribution is 2.22. The van der Waals surface area contributed by atoms with Crippen molar-refractivity contribution < 1.29 is 18.7 Å². The summed E-state index contributed by atoms with van der Waals surface area (Å²) in [5, 5.41) is 8.70. The Balaban J connectivity index is 1.93. The molecule has 1 unspecified atom stereocenters. The van der Waals surface area contributed by atoms with Gasteiger partial charge < -0.3 is 5.11 Å². The van der Waals surface area contributed by atoms with E-state index in [9.17, 15) is 13.6 Å². The van der Waals surface area contributed by atoms with E-state index in [4.69, 9.17) is 5.11 Å². The van der Waals surface area contributed by atoms with Gasteiger partial charge in [-0.05, 0) is 24.9 Å². The summed E-state index contributed by atoms with van der Waals surface area (Å²) in [5.41, 5.74) is 0.451. The average Bonchev–Trinajstić information content (AvgIpc) is 2.69. The summed E-state index contributed by atoms with van der Waals surface area (Å²) in [6, 6.07) is 3.55. The lowest BCUT2D eigenvalue weighted by molar-refractivity contribution is -0.138. The number of carboxylic acid groups (broad SMARTS) is 1. The molecule has 1 saturated heterocycles. The van der Waals surface area contributed by atoms with Gasteiger partial charge in [0.2, 0.25) is 0 Å². The molecule has 1 N–H and O–H groups in total. The Morgan fingerprint density at radius 3 is 2.89 bits per heavy atom. The fourth-order valence-electron chi connectivity index (χ4n) is 2.36. The third-order valence-electron chi connectivity index (χ3n) is 3.24. The van der Waals surface area contributed by atoms with Crippen LogP contribution in [0.15, 0.2) is 18.2 Å². The quantitative estimate of drug-likeness (QED) is 0.897. The van der Waals surface area contributed by atoms with Crippen molar-refractivity contribution >= 4 is 5.97 Å². The number of likely N-dealkylation sites (tertiary alicyclic amines) is 1. The lowest BCUT2D eigenvalue weighted by atomic mass is 10.1. The van der Waals surface area contributed by atoms with Crippen molar-refractivity contribution in [3.63, 3.8) is 0 Å². The van der Waals surface area contributed by atoms with Crippen molar-refractivity contribution in [2.45, 2.75) is 19.4 Å². The smallest absolute Gasteiger partial charge is 0.303 e. The Kier molecular flexibility index (Phi) is 3.91. The van der Waals surface area contributed by atoms with Crippen molar-refractivity contribution in [2.75, 3.05) is 13.1 Å². The topological polar surface area (TPSA) is 40.5 Å². The predicted octanol–water partition coefficient (Wildman–Crippen LogP) is 2.26. The number of carbonyl (C=O) groups is 1. The standard InChI is InChI=1S/C13H15F2NO2/c14-11-2-1-10(12(15)6-11)8-16-4-3-9(7-16)5-13(17)18/h1-2,6,9H,3-5,7-8H2,(H,17,18). The van der Waals surface area contributed by atoms with Crippen LogP contribution < -0.4 is 0 Å². The number of rotatable bonds is 4. The van der Waals surface area contributed by atoms with Gasteiger partial charge in [0.1, 0.15) is 11.6 Å². The maximum Gasteiger partial charge on any atom is 0.303 e. The lowest BCUT2D eigenvalue weighted by Crippen LogP contribution is -2.21. The number of hydrogen-bond acceptors (Lipinski definition) is 2. The fraction of sp³-hybridized carbons (Fsp3) is 0.462. The molecule has 0 aromatic heterocycles. The molecule has 1 aliphatic rings.